The van der Waals surface area contributed by atoms with Crippen molar-refractivity contribution in [2.24, 2.45) is 5.73 Å². The summed E-state index contributed by atoms with van der Waals surface area (Å²) < 4.78 is 12.2. The van der Waals surface area contributed by atoms with Crippen molar-refractivity contribution < 1.29 is 97.3 Å². The maximum atomic E-state index is 14.5. The van der Waals surface area contributed by atoms with Crippen LogP contribution in [-0.4, -0.2) is 233 Å². The van der Waals surface area contributed by atoms with Gasteiger partial charge in [0.2, 0.25) is 59.1 Å². The zero-order valence-electron chi connectivity index (χ0n) is 54.4. The fourth-order valence-electron chi connectivity index (χ4n) is 13.3. The first-order valence-corrected chi connectivity index (χ1v) is 33.1. The molecule has 13 N–H and O–H groups in total. The second-order valence-electron chi connectivity index (χ2n) is 25.1. The fourth-order valence-corrected chi connectivity index (χ4v) is 13.5. The van der Waals surface area contributed by atoms with Crippen molar-refractivity contribution in [1.29, 1.82) is 0 Å². The Bertz CT molecular complexity index is 3700. The average molecular weight is 1390 g/mol. The van der Waals surface area contributed by atoms with Gasteiger partial charge >= 0.3 is 17.9 Å². The number of anilines is 1. The number of aliphatic carboxylic acids is 2. The van der Waals surface area contributed by atoms with E-state index >= 15 is 0 Å². The maximum Gasteiger partial charge on any atom is 0.340 e. The second kappa shape index (κ2) is 31.8. The first-order valence-electron chi connectivity index (χ1n) is 32.7. The van der Waals surface area contributed by atoms with Crippen molar-refractivity contribution >= 4 is 100.0 Å². The van der Waals surface area contributed by atoms with Crippen LogP contribution in [0.4, 0.5) is 5.69 Å². The van der Waals surface area contributed by atoms with Crippen LogP contribution in [0.15, 0.2) is 66.7 Å². The first kappa shape index (κ1) is 72.8. The number of unbranched alkanes of at least 4 members (excludes halogenated alkanes) is 1. The van der Waals surface area contributed by atoms with Crippen molar-refractivity contribution in [3.63, 3.8) is 0 Å². The number of phenols is 2. The van der Waals surface area contributed by atoms with Crippen molar-refractivity contribution in [2.75, 3.05) is 57.7 Å². The van der Waals surface area contributed by atoms with E-state index in [9.17, 15) is 87.9 Å². The van der Waals surface area contributed by atoms with Gasteiger partial charge in [-0.1, -0.05) is 12.2 Å². The van der Waals surface area contributed by atoms with Crippen molar-refractivity contribution in [1.82, 2.24) is 51.1 Å². The van der Waals surface area contributed by atoms with Gasteiger partial charge in [-0.05, 0) is 133 Å². The van der Waals surface area contributed by atoms with Gasteiger partial charge in [0.25, 0.3) is 0 Å². The standard InChI is InChI=1S/C66H80N12O20S/c1-35-60(92)78-29-9-12-48(78)63(95)77-28-8-10-46(77)57(89)72-44(20-22-54(85)86)61(93)75(33-51(67)82)26-6-5-25-74(34-52(83)71-45(21-23-55(87)88)62(94)76-27-7-11-47(76)58(90)73-56(36(2)79)59(91)69-35)53(84)13-3-4-24-68-65(99)70-37-14-17-40-43(30-37)66(98-64(40)96)41-18-15-38(80)31-49(41)97-50-32-39(81)16-19-42(50)66/h5-6,14-19,30-32,35-36,44-48,56,79-81H,3-4,7-13,20-29,33-34H2,1-2H3,(H2,67,82)(H,69,91)(H,71,83)(H,72,89)(H,73,90)(H,85,86)(H,87,88)(H2,68,70,99)/t35-,36+,44-,45-,46-,47-,48-,56-/m0/s1. The van der Waals surface area contributed by atoms with Crippen LogP contribution < -0.4 is 42.4 Å². The Labute approximate surface area is 572 Å². The third-order valence-corrected chi connectivity index (χ3v) is 18.4. The van der Waals surface area contributed by atoms with Gasteiger partial charge in [0.1, 0.15) is 65.3 Å². The lowest BCUT2D eigenvalue weighted by Gasteiger charge is -2.36. The molecular weight excluding hydrogens is 1310 g/mol. The summed E-state index contributed by atoms with van der Waals surface area (Å²) >= 11 is 5.65. The molecule has 0 radical (unpaired) electrons. The van der Waals surface area contributed by atoms with Gasteiger partial charge in [0.05, 0.1) is 24.8 Å². The highest BCUT2D eigenvalue weighted by atomic mass is 32.1. The highest BCUT2D eigenvalue weighted by Gasteiger charge is 2.54. The molecule has 0 aromatic heterocycles. The summed E-state index contributed by atoms with van der Waals surface area (Å²) in [5.41, 5.74) is 5.94. The van der Waals surface area contributed by atoms with Crippen LogP contribution in [-0.2, 0) is 67.9 Å². The minimum atomic E-state index is -1.70. The first-order chi connectivity index (χ1) is 47.1. The lowest BCUT2D eigenvalue weighted by atomic mass is 9.77. The van der Waals surface area contributed by atoms with E-state index in [0.29, 0.717) is 41.6 Å². The van der Waals surface area contributed by atoms with E-state index in [1.54, 1.807) is 30.3 Å². The SMILES string of the molecule is C[C@@H]1NC(=O)[C@H]([C@@H](C)O)NC(=O)[C@@H]2CCCN2C(=O)[C@H](CCC(=O)O)NC(=O)CN(C(=O)CCCCNC(=S)Nc2ccc3c(c2)C2(OC3=O)c3ccc(O)cc3Oc3cc(O)ccc32)CC=CCN(CC(N)=O)C(=O)[C@H](CCC(=O)O)NC(=O)[C@@H]2CCCN2C(=O)[C@@H]2CCCN2C1=O. The van der Waals surface area contributed by atoms with E-state index < -0.39 is 176 Å². The number of aliphatic hydroxyl groups excluding tert-OH is 1. The molecule has 3 aromatic rings. The topological polar surface area (TPSA) is 456 Å². The Balaban J connectivity index is 0.936. The zero-order chi connectivity index (χ0) is 71.6. The molecule has 3 fully saturated rings. The van der Waals surface area contributed by atoms with E-state index in [0.717, 1.165) is 14.7 Å². The number of carbonyl (C=O) groups is 13. The molecule has 33 heteroatoms. The van der Waals surface area contributed by atoms with E-state index in [1.807, 2.05) is 0 Å². The van der Waals surface area contributed by atoms with Crippen LogP contribution in [0.25, 0.3) is 0 Å². The molecule has 6 aliphatic heterocycles. The molecule has 99 heavy (non-hydrogen) atoms. The van der Waals surface area contributed by atoms with Gasteiger partial charge in [-0.3, -0.25) is 57.5 Å². The zero-order valence-corrected chi connectivity index (χ0v) is 55.2. The molecule has 0 unspecified atom stereocenters. The van der Waals surface area contributed by atoms with Crippen molar-refractivity contribution in [3.8, 4) is 23.0 Å². The Morgan fingerprint density at radius 2 is 1.23 bits per heavy atom. The van der Waals surface area contributed by atoms with Gasteiger partial charge in [-0.25, -0.2) is 4.79 Å². The number of benzene rings is 3. The monoisotopic (exact) mass is 1390 g/mol. The third-order valence-electron chi connectivity index (χ3n) is 18.1. The molecule has 6 aliphatic rings. The summed E-state index contributed by atoms with van der Waals surface area (Å²) in [6.07, 6.45) is 0.474. The summed E-state index contributed by atoms with van der Waals surface area (Å²) in [5.74, 6) is -11.6. The van der Waals surface area contributed by atoms with E-state index in [4.69, 9.17) is 27.4 Å². The quantitative estimate of drug-likeness (QED) is 0.0408. The predicted octanol–water partition coefficient (Wildman–Crippen LogP) is -0.123. The van der Waals surface area contributed by atoms with Gasteiger partial charge < -0.3 is 97.1 Å². The smallest absolute Gasteiger partial charge is 0.340 e. The molecule has 530 valence electrons. The van der Waals surface area contributed by atoms with Crippen LogP contribution in [0.5, 0.6) is 23.0 Å². The highest BCUT2D eigenvalue weighted by Crippen LogP contribution is 2.57. The molecule has 3 aromatic carbocycles. The number of hydrogen-bond donors (Lipinski definition) is 12. The summed E-state index contributed by atoms with van der Waals surface area (Å²) in [6.45, 7) is 0.554. The molecule has 8 atom stereocenters. The summed E-state index contributed by atoms with van der Waals surface area (Å²) in [7, 11) is 0. The largest absolute Gasteiger partial charge is 0.508 e. The Morgan fingerprint density at radius 1 is 0.667 bits per heavy atom. The number of esters is 1. The predicted molar refractivity (Wildman–Crippen MR) is 351 cm³/mol. The number of carbonyl (C=O) groups excluding carboxylic acids is 11. The van der Waals surface area contributed by atoms with Crippen molar-refractivity contribution in [2.45, 2.75) is 151 Å². The minimum absolute atomic E-state index is 0.0417. The van der Waals surface area contributed by atoms with Gasteiger partial charge in [-0.15, -0.1) is 0 Å². The van der Waals surface area contributed by atoms with E-state index in [1.165, 1.54) is 60.1 Å². The molecule has 1 spiro atoms. The lowest BCUT2D eigenvalue weighted by Crippen LogP contribution is -2.61. The number of phenolic OH excluding ortho intramolecular Hbond substituents is 2. The number of carboxylic acid groups (broad SMARTS) is 2. The van der Waals surface area contributed by atoms with E-state index in [2.05, 4.69) is 31.9 Å². The Kier molecular flexibility index (Phi) is 23.4. The molecule has 10 amide bonds. The molecule has 9 rings (SSSR count). The molecule has 32 nitrogen and oxygen atoms in total. The molecule has 6 heterocycles. The molecule has 0 aliphatic carbocycles. The number of aliphatic hydroxyl groups is 1. The molecule has 3 saturated heterocycles. The number of primary amides is 1. The minimum Gasteiger partial charge on any atom is -0.508 e. The van der Waals surface area contributed by atoms with Crippen molar-refractivity contribution in [3.05, 3.63) is 89.0 Å². The van der Waals surface area contributed by atoms with Crippen LogP contribution in [0.1, 0.15) is 124 Å². The number of amides is 10. The van der Waals surface area contributed by atoms with Gasteiger partial charge in [0.15, 0.2) is 10.7 Å². The number of carboxylic acids is 2. The van der Waals surface area contributed by atoms with Crippen LogP contribution in [0, 0.1) is 0 Å². The van der Waals surface area contributed by atoms with Crippen LogP contribution in [0.3, 0.4) is 0 Å². The number of ether oxygens (including phenoxy) is 2. The number of fused-ring (bicyclic) bond motifs is 9. The second-order valence-corrected chi connectivity index (χ2v) is 25.5. The number of nitrogens with one attached hydrogen (secondary N) is 6. The normalized spacial score (nSPS) is 23.4. The summed E-state index contributed by atoms with van der Waals surface area (Å²) in [6, 6.07) is 3.75. The number of nitrogens with two attached hydrogens (primary N) is 1. The fraction of sp³-hybridized carbons (Fsp3) is 0.485. The number of nitrogens with zero attached hydrogens (tertiary/aromatic N) is 5. The number of hydrogen-bond acceptors (Lipinski definition) is 19. The average Bonchev–Trinajstić information content (AvgIpc) is 1.60. The van der Waals surface area contributed by atoms with Gasteiger partial charge in [0, 0.05) is 93.0 Å². The van der Waals surface area contributed by atoms with E-state index in [-0.39, 0.29) is 105 Å². The van der Waals surface area contributed by atoms with Crippen LogP contribution >= 0.6 is 12.2 Å². The Hall–Kier alpha value is -10.4. The van der Waals surface area contributed by atoms with Crippen LogP contribution in [0.2, 0.25) is 0 Å². The third kappa shape index (κ3) is 16.9. The Morgan fingerprint density at radius 3 is 1.83 bits per heavy atom. The number of aromatic hydroxyl groups is 2. The molecule has 0 bridgehead atoms. The highest BCUT2D eigenvalue weighted by molar-refractivity contribution is 7.80. The summed E-state index contributed by atoms with van der Waals surface area (Å²) in [4.78, 5) is 184. The maximum absolute atomic E-state index is 14.5. The molecule has 0 saturated carbocycles. The number of thiocarbonyl (C=S) groups is 1. The lowest BCUT2D eigenvalue weighted by molar-refractivity contribution is -0.148. The summed E-state index contributed by atoms with van der Waals surface area (Å²) in [5, 5.41) is 67.5. The van der Waals surface area contributed by atoms with Gasteiger partial charge in [-0.2, -0.15) is 0 Å². The molecular formula is C66H80N12O20S. The number of rotatable bonds is 15.